The molecule has 0 heterocycles. The van der Waals surface area contributed by atoms with Gasteiger partial charge in [0.15, 0.2) is 0 Å². The van der Waals surface area contributed by atoms with Crippen LogP contribution in [-0.4, -0.2) is 18.5 Å². The Hall–Kier alpha value is -0.770. The van der Waals surface area contributed by atoms with Gasteiger partial charge < -0.3 is 11.1 Å². The van der Waals surface area contributed by atoms with E-state index in [0.717, 1.165) is 12.0 Å². The first-order chi connectivity index (χ1) is 8.93. The number of carbonyl (C=O) groups is 1. The van der Waals surface area contributed by atoms with Crippen molar-refractivity contribution in [2.45, 2.75) is 32.7 Å². The molecule has 1 aromatic rings. The highest BCUT2D eigenvalue weighted by Crippen LogP contribution is 2.19. The molecule has 1 aromatic carbocycles. The smallest absolute Gasteiger partial charge is 0.237 e. The van der Waals surface area contributed by atoms with Crippen LogP contribution in [0, 0.1) is 5.92 Å². The van der Waals surface area contributed by atoms with Crippen molar-refractivity contribution >= 4 is 29.1 Å². The maximum Gasteiger partial charge on any atom is 0.237 e. The summed E-state index contributed by atoms with van der Waals surface area (Å²) in [6.45, 7) is 4.52. The molecule has 0 aliphatic carbocycles. The lowest BCUT2D eigenvalue weighted by molar-refractivity contribution is -0.123. The zero-order chi connectivity index (χ0) is 14.4. The van der Waals surface area contributed by atoms with Crippen LogP contribution in [0.4, 0.5) is 0 Å². The van der Waals surface area contributed by atoms with Crippen LogP contribution in [0.5, 0.6) is 0 Å². The molecule has 0 aliphatic heterocycles. The molecule has 1 rings (SSSR count). The van der Waals surface area contributed by atoms with E-state index in [1.54, 1.807) is 6.07 Å². The maximum atomic E-state index is 11.8. The van der Waals surface area contributed by atoms with Crippen LogP contribution in [0.15, 0.2) is 18.2 Å². The highest BCUT2D eigenvalue weighted by atomic mass is 35.5. The van der Waals surface area contributed by atoms with Crippen molar-refractivity contribution in [1.29, 1.82) is 0 Å². The van der Waals surface area contributed by atoms with Gasteiger partial charge in [-0.3, -0.25) is 4.79 Å². The van der Waals surface area contributed by atoms with Crippen LogP contribution in [-0.2, 0) is 11.2 Å². The minimum atomic E-state index is -0.451. The Morgan fingerprint density at radius 3 is 2.42 bits per heavy atom. The Morgan fingerprint density at radius 2 is 1.89 bits per heavy atom. The van der Waals surface area contributed by atoms with Gasteiger partial charge in [-0.15, -0.1) is 0 Å². The molecular formula is C14H20Cl2N2O. The Labute approximate surface area is 124 Å². The predicted molar refractivity (Wildman–Crippen MR) is 80.6 cm³/mol. The van der Waals surface area contributed by atoms with Crippen LogP contribution in [0.3, 0.4) is 0 Å². The number of rotatable bonds is 6. The number of nitrogens with two attached hydrogens (primary N) is 1. The lowest BCUT2D eigenvalue weighted by atomic mass is 9.99. The second-order valence-corrected chi connectivity index (χ2v) is 5.60. The highest BCUT2D eigenvalue weighted by molar-refractivity contribution is 6.34. The Bertz CT molecular complexity index is 417. The fraction of sp³-hybridized carbons (Fsp3) is 0.500. The molecule has 5 heteroatoms. The molecule has 106 valence electrons. The molecule has 1 amide bonds. The molecule has 0 saturated carbocycles. The fourth-order valence-corrected chi connectivity index (χ4v) is 2.29. The maximum absolute atomic E-state index is 11.8. The summed E-state index contributed by atoms with van der Waals surface area (Å²) in [6, 6.07) is 4.92. The number of halogens is 2. The molecule has 0 bridgehead atoms. The average molecular weight is 303 g/mol. The van der Waals surface area contributed by atoms with Gasteiger partial charge in [0, 0.05) is 16.6 Å². The molecule has 0 fully saturated rings. The van der Waals surface area contributed by atoms with Crippen LogP contribution in [0.25, 0.3) is 0 Å². The normalized spacial score (nSPS) is 13.9. The van der Waals surface area contributed by atoms with Crippen molar-refractivity contribution < 1.29 is 4.79 Å². The zero-order valence-electron chi connectivity index (χ0n) is 11.2. The van der Waals surface area contributed by atoms with E-state index in [2.05, 4.69) is 5.32 Å². The van der Waals surface area contributed by atoms with Gasteiger partial charge in [0.1, 0.15) is 0 Å². The Balaban J connectivity index is 2.43. The summed E-state index contributed by atoms with van der Waals surface area (Å²) in [5.41, 5.74) is 6.84. The van der Waals surface area contributed by atoms with Gasteiger partial charge in [-0.1, -0.05) is 43.5 Å². The van der Waals surface area contributed by atoms with Crippen LogP contribution in [0.1, 0.15) is 25.8 Å². The molecule has 3 N–H and O–H groups in total. The minimum absolute atomic E-state index is 0.109. The second-order valence-electron chi connectivity index (χ2n) is 4.73. The monoisotopic (exact) mass is 302 g/mol. The largest absolute Gasteiger partial charge is 0.354 e. The van der Waals surface area contributed by atoms with E-state index in [-0.39, 0.29) is 11.8 Å². The standard InChI is InChI=1S/C14H20Cl2N2O/c1-3-9(2)13(17)14(19)18-5-4-10-6-11(15)8-12(16)7-10/h6-9,13H,3-5,17H2,1-2H3,(H,18,19). The summed E-state index contributed by atoms with van der Waals surface area (Å²) in [5.74, 6) is 0.0723. The van der Waals surface area contributed by atoms with E-state index in [4.69, 9.17) is 28.9 Å². The van der Waals surface area contributed by atoms with Crippen molar-refractivity contribution in [3.05, 3.63) is 33.8 Å². The molecule has 19 heavy (non-hydrogen) atoms. The van der Waals surface area contributed by atoms with Crippen molar-refractivity contribution in [2.24, 2.45) is 11.7 Å². The number of nitrogens with one attached hydrogen (secondary N) is 1. The van der Waals surface area contributed by atoms with E-state index >= 15 is 0 Å². The third-order valence-electron chi connectivity index (χ3n) is 3.19. The molecule has 0 saturated heterocycles. The zero-order valence-corrected chi connectivity index (χ0v) is 12.8. The van der Waals surface area contributed by atoms with Crippen molar-refractivity contribution in [3.8, 4) is 0 Å². The van der Waals surface area contributed by atoms with Gasteiger partial charge in [0.05, 0.1) is 6.04 Å². The van der Waals surface area contributed by atoms with Crippen molar-refractivity contribution in [3.63, 3.8) is 0 Å². The van der Waals surface area contributed by atoms with Gasteiger partial charge in [-0.25, -0.2) is 0 Å². The molecule has 0 spiro atoms. The topological polar surface area (TPSA) is 55.1 Å². The van der Waals surface area contributed by atoms with Gasteiger partial charge in [-0.2, -0.15) is 0 Å². The lowest BCUT2D eigenvalue weighted by Gasteiger charge is -2.17. The summed E-state index contributed by atoms with van der Waals surface area (Å²) < 4.78 is 0. The summed E-state index contributed by atoms with van der Waals surface area (Å²) in [7, 11) is 0. The Kier molecular flexibility index (Phi) is 6.63. The SMILES string of the molecule is CCC(C)C(N)C(=O)NCCc1cc(Cl)cc(Cl)c1. The molecule has 3 nitrogen and oxygen atoms in total. The molecule has 0 aromatic heterocycles. The van der Waals surface area contributed by atoms with E-state index in [9.17, 15) is 4.79 Å². The first-order valence-electron chi connectivity index (χ1n) is 6.42. The van der Waals surface area contributed by atoms with Gasteiger partial charge in [0.25, 0.3) is 0 Å². The second kappa shape index (κ2) is 7.73. The minimum Gasteiger partial charge on any atom is -0.354 e. The molecule has 0 aliphatic rings. The van der Waals surface area contributed by atoms with E-state index in [1.165, 1.54) is 0 Å². The summed E-state index contributed by atoms with van der Waals surface area (Å²) in [4.78, 5) is 11.8. The lowest BCUT2D eigenvalue weighted by Crippen LogP contribution is -2.45. The van der Waals surface area contributed by atoms with Gasteiger partial charge >= 0.3 is 0 Å². The van der Waals surface area contributed by atoms with Crippen LogP contribution < -0.4 is 11.1 Å². The molecule has 0 radical (unpaired) electrons. The number of amides is 1. The highest BCUT2D eigenvalue weighted by Gasteiger charge is 2.18. The summed E-state index contributed by atoms with van der Waals surface area (Å²) in [5, 5.41) is 4.04. The fourth-order valence-electron chi connectivity index (χ4n) is 1.72. The van der Waals surface area contributed by atoms with Gasteiger partial charge in [0.2, 0.25) is 5.91 Å². The van der Waals surface area contributed by atoms with Crippen molar-refractivity contribution in [1.82, 2.24) is 5.32 Å². The average Bonchev–Trinajstić information content (AvgIpc) is 2.35. The third kappa shape index (κ3) is 5.39. The first kappa shape index (κ1) is 16.3. The molecular weight excluding hydrogens is 283 g/mol. The number of benzene rings is 1. The number of hydrogen-bond donors (Lipinski definition) is 2. The number of carbonyl (C=O) groups excluding carboxylic acids is 1. The first-order valence-corrected chi connectivity index (χ1v) is 7.18. The molecule has 2 atom stereocenters. The third-order valence-corrected chi connectivity index (χ3v) is 3.63. The van der Waals surface area contributed by atoms with Crippen LogP contribution in [0.2, 0.25) is 10.0 Å². The van der Waals surface area contributed by atoms with E-state index < -0.39 is 6.04 Å². The van der Waals surface area contributed by atoms with Crippen molar-refractivity contribution in [2.75, 3.05) is 6.54 Å². The quantitative estimate of drug-likeness (QED) is 0.848. The van der Waals surface area contributed by atoms with E-state index in [1.807, 2.05) is 26.0 Å². The predicted octanol–water partition coefficient (Wildman–Crippen LogP) is 3.03. The summed E-state index contributed by atoms with van der Waals surface area (Å²) in [6.07, 6.45) is 1.57. The Morgan fingerprint density at radius 1 is 1.32 bits per heavy atom. The van der Waals surface area contributed by atoms with E-state index in [0.29, 0.717) is 23.0 Å². The van der Waals surface area contributed by atoms with Crippen LogP contribution >= 0.6 is 23.2 Å². The number of hydrogen-bond acceptors (Lipinski definition) is 2. The summed E-state index contributed by atoms with van der Waals surface area (Å²) >= 11 is 11.8. The van der Waals surface area contributed by atoms with Gasteiger partial charge in [-0.05, 0) is 36.1 Å². The molecule has 2 unspecified atom stereocenters.